The van der Waals surface area contributed by atoms with Gasteiger partial charge in [-0.2, -0.15) is 4.98 Å². The third-order valence-electron chi connectivity index (χ3n) is 5.38. The van der Waals surface area contributed by atoms with Crippen LogP contribution in [-0.2, 0) is 14.3 Å². The lowest BCUT2D eigenvalue weighted by Crippen LogP contribution is -2.46. The van der Waals surface area contributed by atoms with E-state index in [4.69, 9.17) is 30.0 Å². The second-order valence-corrected chi connectivity index (χ2v) is 10.1. The van der Waals surface area contributed by atoms with Crippen molar-refractivity contribution in [3.63, 3.8) is 0 Å². The molecule has 3 rings (SSSR count). The molecule has 0 radical (unpaired) electrons. The number of benzene rings is 1. The summed E-state index contributed by atoms with van der Waals surface area (Å²) in [5, 5.41) is 24.8. The number of azide groups is 1. The summed E-state index contributed by atoms with van der Waals surface area (Å²) in [4.78, 5) is 43.4. The second kappa shape index (κ2) is 11.9. The van der Waals surface area contributed by atoms with Gasteiger partial charge in [-0.05, 0) is 51.4 Å². The van der Waals surface area contributed by atoms with Crippen molar-refractivity contribution in [2.45, 2.75) is 63.5 Å². The van der Waals surface area contributed by atoms with E-state index in [1.807, 2.05) is 0 Å². The molecule has 1 saturated heterocycles. The van der Waals surface area contributed by atoms with Crippen molar-refractivity contribution in [3.8, 4) is 11.5 Å². The Labute approximate surface area is 223 Å². The molecule has 1 aromatic carbocycles. The van der Waals surface area contributed by atoms with Gasteiger partial charge in [0.2, 0.25) is 11.5 Å². The van der Waals surface area contributed by atoms with Crippen LogP contribution in [0, 0.1) is 0 Å². The number of para-hydroxylation sites is 2. The fourth-order valence-corrected chi connectivity index (χ4v) is 4.30. The summed E-state index contributed by atoms with van der Waals surface area (Å²) in [6, 6.07) is 7.20. The van der Waals surface area contributed by atoms with Crippen molar-refractivity contribution in [3.05, 3.63) is 57.5 Å². The number of anilines is 1. The van der Waals surface area contributed by atoms with Crippen LogP contribution in [0.2, 0.25) is 0 Å². The van der Waals surface area contributed by atoms with Crippen molar-refractivity contribution < 1.29 is 38.6 Å². The van der Waals surface area contributed by atoms with E-state index in [9.17, 15) is 24.7 Å². The minimum Gasteiger partial charge on any atom is -0.575 e. The van der Waals surface area contributed by atoms with E-state index in [0.717, 1.165) is 4.57 Å². The monoisotopic (exact) mass is 565 g/mol. The molecule has 16 nitrogen and oxygen atoms in total. The topological polar surface area (TPSA) is 240 Å². The van der Waals surface area contributed by atoms with E-state index in [2.05, 4.69) is 19.8 Å². The Balaban J connectivity index is 1.83. The number of aromatic nitrogens is 2. The zero-order valence-corrected chi connectivity index (χ0v) is 22.3. The Morgan fingerprint density at radius 1 is 1.36 bits per heavy atom. The zero-order chi connectivity index (χ0) is 29.0. The number of carbonyl (C=O) groups is 1. The fourth-order valence-electron chi connectivity index (χ4n) is 3.45. The average molecular weight is 565 g/mol. The van der Waals surface area contributed by atoms with Gasteiger partial charge in [-0.25, -0.2) is 9.59 Å². The van der Waals surface area contributed by atoms with E-state index < -0.39 is 62.2 Å². The molecule has 5 atom stereocenters. The van der Waals surface area contributed by atoms with E-state index in [0.29, 0.717) is 0 Å². The predicted octanol–water partition coefficient (Wildman–Crippen LogP) is 1.13. The first-order valence-electron chi connectivity index (χ1n) is 11.6. The number of hydrogen-bond donors (Lipinski definition) is 3. The molecule has 1 unspecified atom stereocenters. The lowest BCUT2D eigenvalue weighted by molar-refractivity contribution is -0.171. The zero-order valence-electron chi connectivity index (χ0n) is 21.4. The lowest BCUT2D eigenvalue weighted by atomic mass is 10.1. The van der Waals surface area contributed by atoms with Crippen LogP contribution in [0.1, 0.15) is 33.9 Å². The van der Waals surface area contributed by atoms with Gasteiger partial charge in [0, 0.05) is 11.1 Å². The molecule has 0 saturated carbocycles. The first-order valence-corrected chi connectivity index (χ1v) is 12.7. The highest BCUT2D eigenvalue weighted by molar-refractivity contribution is 7.34. The summed E-state index contributed by atoms with van der Waals surface area (Å²) >= 11 is 0. The van der Waals surface area contributed by atoms with Gasteiger partial charge in [0.1, 0.15) is 24.6 Å². The number of esters is 1. The number of nitrogens with two attached hydrogens (primary N) is 1. The number of nitrogens with zero attached hydrogens (tertiary/aromatic N) is 6. The van der Waals surface area contributed by atoms with Gasteiger partial charge in [-0.3, -0.25) is 9.09 Å². The van der Waals surface area contributed by atoms with Gasteiger partial charge >= 0.3 is 19.8 Å². The number of aliphatic hydroxyl groups excluding tert-OH is 2. The molecule has 2 heterocycles. The molecule has 210 valence electrons. The van der Waals surface area contributed by atoms with Gasteiger partial charge in [0.05, 0.1) is 6.10 Å². The normalized spacial score (nSPS) is 23.3. The van der Waals surface area contributed by atoms with Gasteiger partial charge < -0.3 is 35.1 Å². The third-order valence-corrected chi connectivity index (χ3v) is 6.39. The van der Waals surface area contributed by atoms with Crippen molar-refractivity contribution in [1.82, 2.24) is 9.55 Å². The van der Waals surface area contributed by atoms with Crippen LogP contribution < -0.4 is 25.6 Å². The average Bonchev–Trinajstić information content (AvgIpc) is 3.08. The maximum absolute atomic E-state index is 12.6. The van der Waals surface area contributed by atoms with E-state index in [-0.39, 0.29) is 17.3 Å². The maximum atomic E-state index is 12.6. The van der Waals surface area contributed by atoms with Crippen LogP contribution in [0.15, 0.2) is 51.2 Å². The molecule has 0 bridgehead atoms. The van der Waals surface area contributed by atoms with Gasteiger partial charge in [-0.1, -0.05) is 22.0 Å². The van der Waals surface area contributed by atoms with Crippen molar-refractivity contribution >= 4 is 20.0 Å². The molecule has 0 spiro atoms. The first-order chi connectivity index (χ1) is 18.3. The maximum Gasteiger partial charge on any atom is 0.395 e. The quantitative estimate of drug-likeness (QED) is 0.121. The number of carbonyl (C=O) groups excluding carboxylic acids is 1. The van der Waals surface area contributed by atoms with Crippen LogP contribution in [0.5, 0.6) is 11.5 Å². The van der Waals surface area contributed by atoms with Gasteiger partial charge in [0.15, 0.2) is 17.5 Å². The summed E-state index contributed by atoms with van der Waals surface area (Å²) in [5.41, 5.74) is 10.1. The Kier molecular flexibility index (Phi) is 9.12. The summed E-state index contributed by atoms with van der Waals surface area (Å²) in [5.74, 6) is -0.849. The SMILES string of the molecule is CC(C)OC(=O)C(C)(C)N=[P+]([O-])Oc1ccccc1OC[C@@]1(N=[N+]=[N-])O[C@@H](n2ccc(N)nc2=O)[C@H](O)[C@@H]1O. The molecule has 0 aliphatic carbocycles. The third kappa shape index (κ3) is 6.81. The van der Waals surface area contributed by atoms with Crippen LogP contribution >= 0.6 is 8.17 Å². The Morgan fingerprint density at radius 3 is 2.64 bits per heavy atom. The number of nitrogen functional groups attached to an aromatic ring is 1. The van der Waals surface area contributed by atoms with Crippen LogP contribution in [0.25, 0.3) is 10.4 Å². The number of rotatable bonds is 10. The van der Waals surface area contributed by atoms with Crippen LogP contribution in [0.3, 0.4) is 0 Å². The summed E-state index contributed by atoms with van der Waals surface area (Å²) in [6.07, 6.45) is -4.27. The standard InChI is InChI=1S/C22H28N7O9P/c1-12(2)36-19(32)21(3,4)27-39(34)38-14-8-6-5-7-13(14)35-11-22(26-28-24)17(31)16(30)18(37-22)29-10-9-15(23)25-20(29)33/h5-10,12,16-18,30-31H,11H2,1-4H3,(H2,23,25,33)/t16-,17+,18-,22-/m1/s1. The summed E-state index contributed by atoms with van der Waals surface area (Å²) < 4.78 is 26.6. The number of aliphatic hydroxyl groups is 2. The van der Waals surface area contributed by atoms with Crippen molar-refractivity contribution in [1.29, 1.82) is 0 Å². The van der Waals surface area contributed by atoms with Gasteiger partial charge in [0.25, 0.3) is 0 Å². The fraction of sp³-hybridized carbons (Fsp3) is 0.500. The molecular weight excluding hydrogens is 537 g/mol. The highest BCUT2D eigenvalue weighted by Crippen LogP contribution is 2.40. The molecule has 1 aromatic heterocycles. The molecule has 39 heavy (non-hydrogen) atoms. The van der Waals surface area contributed by atoms with Crippen LogP contribution in [-0.4, -0.2) is 61.9 Å². The largest absolute Gasteiger partial charge is 0.575 e. The molecule has 17 heteroatoms. The van der Waals surface area contributed by atoms with E-state index >= 15 is 0 Å². The van der Waals surface area contributed by atoms with Crippen molar-refractivity contribution in [2.75, 3.05) is 12.3 Å². The molecule has 0 amide bonds. The van der Waals surface area contributed by atoms with E-state index in [1.54, 1.807) is 26.0 Å². The summed E-state index contributed by atoms with van der Waals surface area (Å²) in [6.45, 7) is 5.51. The molecule has 2 aromatic rings. The van der Waals surface area contributed by atoms with Gasteiger partial charge in [-0.15, -0.1) is 0 Å². The molecule has 4 N–H and O–H groups in total. The highest BCUT2D eigenvalue weighted by Gasteiger charge is 2.56. The minimum atomic E-state index is -2.78. The Bertz CT molecular complexity index is 1350. The van der Waals surface area contributed by atoms with Crippen LogP contribution in [0.4, 0.5) is 5.82 Å². The second-order valence-electron chi connectivity index (χ2n) is 9.20. The van der Waals surface area contributed by atoms with E-state index in [1.165, 1.54) is 38.2 Å². The molecular formula is C22H28N7O9P. The molecule has 1 fully saturated rings. The lowest BCUT2D eigenvalue weighted by Gasteiger charge is -2.26. The Morgan fingerprint density at radius 2 is 2.03 bits per heavy atom. The number of hydrogen-bond acceptors (Lipinski definition) is 13. The van der Waals surface area contributed by atoms with Crippen molar-refractivity contribution in [2.24, 2.45) is 9.86 Å². The Hall–Kier alpha value is -3.78. The summed E-state index contributed by atoms with van der Waals surface area (Å²) in [7, 11) is -2.78. The smallest absolute Gasteiger partial charge is 0.395 e. The molecule has 1 aliphatic rings. The first kappa shape index (κ1) is 29.8. The molecule has 1 aliphatic heterocycles. The highest BCUT2D eigenvalue weighted by atomic mass is 31.1. The predicted molar refractivity (Wildman–Crippen MR) is 134 cm³/mol. The number of ether oxygens (including phenoxy) is 3. The minimum absolute atomic E-state index is 0.0221.